The van der Waals surface area contributed by atoms with Crippen molar-refractivity contribution in [2.24, 2.45) is 0 Å². The first-order valence-electron chi connectivity index (χ1n) is 8.00. The zero-order valence-electron chi connectivity index (χ0n) is 14.3. The van der Waals surface area contributed by atoms with Gasteiger partial charge in [0.2, 0.25) is 0 Å². The highest BCUT2D eigenvalue weighted by atomic mass is 16.5. The van der Waals surface area contributed by atoms with E-state index in [9.17, 15) is 5.21 Å². The fraction of sp³-hybridized carbons (Fsp3) is 0.143. The van der Waals surface area contributed by atoms with Crippen LogP contribution in [0, 0.1) is 0 Å². The molecule has 0 fully saturated rings. The second-order valence-corrected chi connectivity index (χ2v) is 5.68. The summed E-state index contributed by atoms with van der Waals surface area (Å²) in [6, 6.07) is 25.1. The third-order valence-corrected chi connectivity index (χ3v) is 4.42. The number of benzene rings is 3. The van der Waals surface area contributed by atoms with Gasteiger partial charge >= 0.3 is 0 Å². The molecule has 0 spiro atoms. The van der Waals surface area contributed by atoms with Crippen LogP contribution in [0.5, 0.6) is 11.5 Å². The maximum Gasteiger partial charge on any atom is 0.118 e. The molecular formula is C21H21NO3. The van der Waals surface area contributed by atoms with Gasteiger partial charge in [-0.15, -0.1) is 0 Å². The average Bonchev–Trinajstić information content (AvgIpc) is 2.71. The Kier molecular flexibility index (Phi) is 5.03. The minimum atomic E-state index is -0.903. The van der Waals surface area contributed by atoms with E-state index in [2.05, 4.69) is 5.48 Å². The maximum absolute atomic E-state index is 10.3. The molecule has 2 N–H and O–H groups in total. The smallest absolute Gasteiger partial charge is 0.118 e. The largest absolute Gasteiger partial charge is 0.497 e. The van der Waals surface area contributed by atoms with Crippen LogP contribution in [0.2, 0.25) is 0 Å². The van der Waals surface area contributed by atoms with Crippen LogP contribution in [0.1, 0.15) is 16.7 Å². The summed E-state index contributed by atoms with van der Waals surface area (Å²) in [6.45, 7) is 0. The van der Waals surface area contributed by atoms with E-state index in [-0.39, 0.29) is 0 Å². The van der Waals surface area contributed by atoms with E-state index >= 15 is 0 Å². The van der Waals surface area contributed by atoms with Gasteiger partial charge < -0.3 is 14.7 Å². The van der Waals surface area contributed by atoms with Crippen LogP contribution >= 0.6 is 0 Å². The fourth-order valence-corrected chi connectivity index (χ4v) is 3.06. The number of hydrogen-bond acceptors (Lipinski definition) is 4. The Morgan fingerprint density at radius 3 is 1.40 bits per heavy atom. The molecule has 4 nitrogen and oxygen atoms in total. The highest BCUT2D eigenvalue weighted by Crippen LogP contribution is 2.37. The number of hydrogen-bond donors (Lipinski definition) is 2. The normalized spacial score (nSPS) is 11.2. The Morgan fingerprint density at radius 1 is 0.640 bits per heavy atom. The number of nitrogens with one attached hydrogen (secondary N) is 1. The molecule has 0 amide bonds. The molecule has 0 unspecified atom stereocenters. The topological polar surface area (TPSA) is 50.7 Å². The van der Waals surface area contributed by atoms with Crippen molar-refractivity contribution in [3.8, 4) is 11.5 Å². The summed E-state index contributed by atoms with van der Waals surface area (Å²) in [5.41, 5.74) is 4.37. The third kappa shape index (κ3) is 3.09. The summed E-state index contributed by atoms with van der Waals surface area (Å²) in [7, 11) is 3.26. The number of hydroxylamine groups is 1. The molecule has 128 valence electrons. The van der Waals surface area contributed by atoms with Crippen molar-refractivity contribution in [1.82, 2.24) is 5.48 Å². The molecule has 0 aliphatic heterocycles. The van der Waals surface area contributed by atoms with Gasteiger partial charge in [0.05, 0.1) is 14.2 Å². The lowest BCUT2D eigenvalue weighted by Crippen LogP contribution is -2.42. The molecule has 25 heavy (non-hydrogen) atoms. The van der Waals surface area contributed by atoms with Crippen molar-refractivity contribution in [1.29, 1.82) is 0 Å². The molecule has 3 aromatic rings. The van der Waals surface area contributed by atoms with Gasteiger partial charge in [0, 0.05) is 0 Å². The Balaban J connectivity index is 2.21. The SMILES string of the molecule is COc1ccc(C(NO)(c2ccccc2)c2ccc(OC)cc2)cc1. The molecule has 0 atom stereocenters. The highest BCUT2D eigenvalue weighted by Gasteiger charge is 2.36. The Morgan fingerprint density at radius 2 is 1.04 bits per heavy atom. The van der Waals surface area contributed by atoms with Gasteiger partial charge in [-0.3, -0.25) is 0 Å². The molecule has 4 heteroatoms. The van der Waals surface area contributed by atoms with Crippen molar-refractivity contribution in [3.63, 3.8) is 0 Å². The quantitative estimate of drug-likeness (QED) is 0.528. The van der Waals surface area contributed by atoms with E-state index in [1.165, 1.54) is 0 Å². The van der Waals surface area contributed by atoms with Crippen LogP contribution in [0.25, 0.3) is 0 Å². The van der Waals surface area contributed by atoms with E-state index in [0.29, 0.717) is 0 Å². The van der Waals surface area contributed by atoms with Gasteiger partial charge in [0.1, 0.15) is 17.0 Å². The van der Waals surface area contributed by atoms with Gasteiger partial charge in [-0.25, -0.2) is 0 Å². The third-order valence-electron chi connectivity index (χ3n) is 4.42. The number of methoxy groups -OCH3 is 2. The molecule has 0 radical (unpaired) electrons. The molecule has 3 aromatic carbocycles. The van der Waals surface area contributed by atoms with Crippen LogP contribution in [0.3, 0.4) is 0 Å². The first-order chi connectivity index (χ1) is 12.2. The lowest BCUT2D eigenvalue weighted by Gasteiger charge is -2.34. The van der Waals surface area contributed by atoms with Crippen molar-refractivity contribution < 1.29 is 14.7 Å². The molecule has 0 heterocycles. The van der Waals surface area contributed by atoms with Crippen molar-refractivity contribution in [2.45, 2.75) is 5.54 Å². The van der Waals surface area contributed by atoms with Crippen molar-refractivity contribution in [2.75, 3.05) is 14.2 Å². The summed E-state index contributed by atoms with van der Waals surface area (Å²) < 4.78 is 10.5. The maximum atomic E-state index is 10.3. The van der Waals surface area contributed by atoms with Gasteiger partial charge in [-0.05, 0) is 41.0 Å². The van der Waals surface area contributed by atoms with Crippen LogP contribution in [0.15, 0.2) is 78.9 Å². The van der Waals surface area contributed by atoms with Crippen molar-refractivity contribution in [3.05, 3.63) is 95.6 Å². The zero-order chi connectivity index (χ0) is 17.7. The Labute approximate surface area is 147 Å². The molecule has 0 saturated carbocycles. The highest BCUT2D eigenvalue weighted by molar-refractivity contribution is 5.51. The second-order valence-electron chi connectivity index (χ2n) is 5.68. The predicted octanol–water partition coefficient (Wildman–Crippen LogP) is 3.97. The fourth-order valence-electron chi connectivity index (χ4n) is 3.06. The number of rotatable bonds is 6. The predicted molar refractivity (Wildman–Crippen MR) is 97.2 cm³/mol. The van der Waals surface area contributed by atoms with E-state index in [0.717, 1.165) is 28.2 Å². The van der Waals surface area contributed by atoms with E-state index in [1.54, 1.807) is 14.2 Å². The number of ether oxygens (including phenoxy) is 2. The van der Waals surface area contributed by atoms with Gasteiger partial charge in [-0.2, -0.15) is 5.48 Å². The lowest BCUT2D eigenvalue weighted by molar-refractivity contribution is 0.103. The first kappa shape index (κ1) is 17.0. The van der Waals surface area contributed by atoms with Gasteiger partial charge in [0.25, 0.3) is 0 Å². The lowest BCUT2D eigenvalue weighted by atomic mass is 9.77. The zero-order valence-corrected chi connectivity index (χ0v) is 14.3. The molecule has 0 aliphatic rings. The van der Waals surface area contributed by atoms with Crippen LogP contribution in [-0.2, 0) is 5.54 Å². The second kappa shape index (κ2) is 7.38. The minimum Gasteiger partial charge on any atom is -0.497 e. The van der Waals surface area contributed by atoms with Crippen molar-refractivity contribution >= 4 is 0 Å². The summed E-state index contributed by atoms with van der Waals surface area (Å²) in [5.74, 6) is 1.52. The molecule has 0 aliphatic carbocycles. The van der Waals surface area contributed by atoms with Gasteiger partial charge in [-0.1, -0.05) is 54.6 Å². The summed E-state index contributed by atoms with van der Waals surface area (Å²) in [6.07, 6.45) is 0. The molecule has 0 bridgehead atoms. The summed E-state index contributed by atoms with van der Waals surface area (Å²) in [5, 5.41) is 10.3. The Bertz CT molecular complexity index is 751. The average molecular weight is 335 g/mol. The Hall–Kier alpha value is -2.82. The minimum absolute atomic E-state index is 0.762. The summed E-state index contributed by atoms with van der Waals surface area (Å²) >= 11 is 0. The summed E-state index contributed by atoms with van der Waals surface area (Å²) in [4.78, 5) is 0. The molecular weight excluding hydrogens is 314 g/mol. The monoisotopic (exact) mass is 335 g/mol. The molecule has 0 aromatic heterocycles. The first-order valence-corrected chi connectivity index (χ1v) is 8.00. The standard InChI is InChI=1S/C21H21NO3/c1-24-19-12-8-17(9-13-19)21(22-23,16-6-4-3-5-7-16)18-10-14-20(25-2)15-11-18/h3-15,22-23H,1-2H3. The van der Waals surface area contributed by atoms with Crippen LogP contribution in [-0.4, -0.2) is 19.4 Å². The van der Waals surface area contributed by atoms with E-state index in [4.69, 9.17) is 9.47 Å². The van der Waals surface area contributed by atoms with Crippen LogP contribution in [0.4, 0.5) is 0 Å². The van der Waals surface area contributed by atoms with Gasteiger partial charge in [0.15, 0.2) is 0 Å². The molecule has 0 saturated heterocycles. The van der Waals surface area contributed by atoms with Crippen LogP contribution < -0.4 is 15.0 Å². The molecule has 3 rings (SSSR count). The van der Waals surface area contributed by atoms with E-state index in [1.807, 2.05) is 78.9 Å². The van der Waals surface area contributed by atoms with E-state index < -0.39 is 5.54 Å².